The fourth-order valence-electron chi connectivity index (χ4n) is 3.20. The van der Waals surface area contributed by atoms with Crippen LogP contribution in [0.5, 0.6) is 0 Å². The van der Waals surface area contributed by atoms with Gasteiger partial charge >= 0.3 is 0 Å². The number of carbonyl (C=O) groups is 1. The Kier molecular flexibility index (Phi) is 4.85. The molecule has 2 saturated heterocycles. The average Bonchev–Trinajstić information content (AvgIpc) is 3.23. The maximum absolute atomic E-state index is 12.4. The van der Waals surface area contributed by atoms with Crippen molar-refractivity contribution in [3.63, 3.8) is 0 Å². The number of nitrogens with zero attached hydrogens (tertiary/aromatic N) is 2. The highest BCUT2D eigenvalue weighted by Gasteiger charge is 2.49. The fourth-order valence-corrected chi connectivity index (χ4v) is 8.05. The lowest BCUT2D eigenvalue weighted by molar-refractivity contribution is -0.117. The van der Waals surface area contributed by atoms with Crippen molar-refractivity contribution in [1.29, 1.82) is 0 Å². The van der Waals surface area contributed by atoms with Gasteiger partial charge in [0, 0.05) is 10.1 Å². The van der Waals surface area contributed by atoms with Crippen LogP contribution in [0.1, 0.15) is 4.88 Å². The third-order valence-electron chi connectivity index (χ3n) is 4.30. The smallest absolute Gasteiger partial charge is 0.253 e. The summed E-state index contributed by atoms with van der Waals surface area (Å²) >= 11 is 9.22. The van der Waals surface area contributed by atoms with Crippen molar-refractivity contribution in [3.8, 4) is 0 Å². The van der Waals surface area contributed by atoms with Crippen LogP contribution in [-0.2, 0) is 21.1 Å². The van der Waals surface area contributed by atoms with E-state index in [1.807, 2.05) is 40.6 Å². The zero-order valence-corrected chi connectivity index (χ0v) is 16.7. The van der Waals surface area contributed by atoms with Gasteiger partial charge in [-0.05, 0) is 23.6 Å². The molecule has 2 fully saturated rings. The first-order valence-corrected chi connectivity index (χ1v) is 11.9. The summed E-state index contributed by atoms with van der Waals surface area (Å²) in [4.78, 5) is 19.5. The molecule has 1 aromatic carbocycles. The number of carbonyl (C=O) groups excluding carboxylic acids is 1. The zero-order chi connectivity index (χ0) is 18.3. The topological polar surface area (TPSA) is 66.8 Å². The number of aliphatic imine (C=N–C) groups is 1. The molecule has 2 aliphatic heterocycles. The van der Waals surface area contributed by atoms with Crippen LogP contribution < -0.4 is 4.90 Å². The van der Waals surface area contributed by atoms with Crippen LogP contribution in [0.2, 0.25) is 5.02 Å². The maximum atomic E-state index is 12.4. The molecule has 0 saturated carbocycles. The molecule has 5 nitrogen and oxygen atoms in total. The number of hydrogen-bond acceptors (Lipinski definition) is 5. The molecule has 2 atom stereocenters. The minimum atomic E-state index is -3.10. The Balaban J connectivity index is 1.68. The number of thioether (sulfide) groups is 1. The number of para-hydroxylation sites is 1. The van der Waals surface area contributed by atoms with Crippen LogP contribution in [0.15, 0.2) is 46.8 Å². The highest BCUT2D eigenvalue weighted by Crippen LogP contribution is 2.42. The van der Waals surface area contributed by atoms with E-state index in [0.29, 0.717) is 15.9 Å². The van der Waals surface area contributed by atoms with E-state index >= 15 is 0 Å². The number of benzene rings is 1. The van der Waals surface area contributed by atoms with Crippen molar-refractivity contribution < 1.29 is 13.2 Å². The third-order valence-corrected chi connectivity index (χ3v) is 8.71. The van der Waals surface area contributed by atoms with Gasteiger partial charge < -0.3 is 4.90 Å². The molecule has 0 aliphatic carbocycles. The van der Waals surface area contributed by atoms with Gasteiger partial charge in [0.2, 0.25) is 0 Å². The molecule has 0 bridgehead atoms. The SMILES string of the molecule is O=C(Cc1cccs1)N=C1S[C@@H]2CS(=O)(=O)C[C@@H]2N1c1ccccc1Cl. The van der Waals surface area contributed by atoms with E-state index in [1.165, 1.54) is 23.1 Å². The van der Waals surface area contributed by atoms with Gasteiger partial charge in [0.15, 0.2) is 15.0 Å². The lowest BCUT2D eigenvalue weighted by atomic mass is 10.2. The number of hydrogen-bond donors (Lipinski definition) is 0. The van der Waals surface area contributed by atoms with Gasteiger partial charge in [0.05, 0.1) is 34.7 Å². The van der Waals surface area contributed by atoms with Gasteiger partial charge in [-0.15, -0.1) is 11.3 Å². The molecule has 0 unspecified atom stereocenters. The highest BCUT2D eigenvalue weighted by molar-refractivity contribution is 8.16. The first kappa shape index (κ1) is 18.0. The molecular weight excluding hydrogens is 412 g/mol. The third kappa shape index (κ3) is 3.55. The van der Waals surface area contributed by atoms with E-state index in [-0.39, 0.29) is 35.1 Å². The minimum Gasteiger partial charge on any atom is -0.314 e. The Morgan fingerprint density at radius 2 is 2.04 bits per heavy atom. The molecule has 1 amide bonds. The van der Waals surface area contributed by atoms with Crippen molar-refractivity contribution in [2.45, 2.75) is 17.7 Å². The Hall–Kier alpha value is -1.35. The molecule has 9 heteroatoms. The molecule has 136 valence electrons. The largest absolute Gasteiger partial charge is 0.314 e. The van der Waals surface area contributed by atoms with Crippen LogP contribution in [0, 0.1) is 0 Å². The Morgan fingerprint density at radius 1 is 1.23 bits per heavy atom. The van der Waals surface area contributed by atoms with Crippen LogP contribution in [0.4, 0.5) is 5.69 Å². The predicted molar refractivity (Wildman–Crippen MR) is 108 cm³/mol. The number of fused-ring (bicyclic) bond motifs is 1. The van der Waals surface area contributed by atoms with Crippen LogP contribution in [-0.4, -0.2) is 42.3 Å². The van der Waals surface area contributed by atoms with Gasteiger partial charge in [0.1, 0.15) is 0 Å². The number of thiophene rings is 1. The standard InChI is InChI=1S/C17H15ClN2O3S3/c18-12-5-1-2-6-13(12)20-14-9-26(22,23)10-15(14)25-17(20)19-16(21)8-11-4-3-7-24-11/h1-7,14-15H,8-10H2/t14-,15+/m0/s1. The van der Waals surface area contributed by atoms with Crippen molar-refractivity contribution in [3.05, 3.63) is 51.7 Å². The number of sulfone groups is 1. The Labute approximate surface area is 165 Å². The first-order valence-electron chi connectivity index (χ1n) is 7.98. The van der Waals surface area contributed by atoms with Gasteiger partial charge in [-0.25, -0.2) is 8.42 Å². The average molecular weight is 427 g/mol. The second-order valence-electron chi connectivity index (χ2n) is 6.17. The second kappa shape index (κ2) is 6.99. The van der Waals surface area contributed by atoms with E-state index in [4.69, 9.17) is 11.6 Å². The second-order valence-corrected chi connectivity index (χ2v) is 11.0. The number of amidine groups is 1. The van der Waals surface area contributed by atoms with Crippen LogP contribution in [0.25, 0.3) is 0 Å². The minimum absolute atomic E-state index is 0.0496. The monoisotopic (exact) mass is 426 g/mol. The van der Waals surface area contributed by atoms with E-state index in [9.17, 15) is 13.2 Å². The van der Waals surface area contributed by atoms with Gasteiger partial charge in [-0.2, -0.15) is 4.99 Å². The summed E-state index contributed by atoms with van der Waals surface area (Å²) in [5.41, 5.74) is 0.689. The number of rotatable bonds is 3. The van der Waals surface area contributed by atoms with Crippen LogP contribution >= 0.6 is 34.7 Å². The number of amides is 1. The molecule has 0 N–H and O–H groups in total. The molecule has 3 heterocycles. The van der Waals surface area contributed by atoms with Crippen molar-refractivity contribution in [1.82, 2.24) is 0 Å². The molecule has 2 aliphatic rings. The van der Waals surface area contributed by atoms with Crippen molar-refractivity contribution in [2.24, 2.45) is 4.99 Å². The molecular formula is C17H15ClN2O3S3. The molecule has 4 rings (SSSR count). The lowest BCUT2D eigenvalue weighted by Gasteiger charge is -2.25. The number of anilines is 1. The van der Waals surface area contributed by atoms with Crippen LogP contribution in [0.3, 0.4) is 0 Å². The lowest BCUT2D eigenvalue weighted by Crippen LogP contribution is -2.38. The van der Waals surface area contributed by atoms with Gasteiger partial charge in [-0.1, -0.05) is 41.6 Å². The highest BCUT2D eigenvalue weighted by atomic mass is 35.5. The van der Waals surface area contributed by atoms with Gasteiger partial charge in [-0.3, -0.25) is 4.79 Å². The summed E-state index contributed by atoms with van der Waals surface area (Å²) in [5, 5.41) is 2.83. The quantitative estimate of drug-likeness (QED) is 0.753. The molecule has 0 radical (unpaired) electrons. The summed E-state index contributed by atoms with van der Waals surface area (Å²) in [5.74, 6) is -0.0926. The molecule has 0 spiro atoms. The van der Waals surface area contributed by atoms with Gasteiger partial charge in [0.25, 0.3) is 5.91 Å². The van der Waals surface area contributed by atoms with Crippen molar-refractivity contribution >= 4 is 61.3 Å². The van der Waals surface area contributed by atoms with E-state index in [0.717, 1.165) is 4.88 Å². The Bertz CT molecular complexity index is 973. The summed E-state index contributed by atoms with van der Waals surface area (Å²) < 4.78 is 24.1. The fraction of sp³-hybridized carbons (Fsp3) is 0.294. The zero-order valence-electron chi connectivity index (χ0n) is 13.5. The molecule has 2 aromatic rings. The maximum Gasteiger partial charge on any atom is 0.253 e. The summed E-state index contributed by atoms with van der Waals surface area (Å²) in [6.45, 7) is 0. The van der Waals surface area contributed by atoms with E-state index in [1.54, 1.807) is 6.07 Å². The molecule has 26 heavy (non-hydrogen) atoms. The summed E-state index contributed by atoms with van der Waals surface area (Å²) in [6.07, 6.45) is 0.242. The summed E-state index contributed by atoms with van der Waals surface area (Å²) in [7, 11) is -3.10. The predicted octanol–water partition coefficient (Wildman–Crippen LogP) is 3.25. The first-order chi connectivity index (χ1) is 12.4. The van der Waals surface area contributed by atoms with Crippen molar-refractivity contribution in [2.75, 3.05) is 16.4 Å². The number of halogens is 1. The normalized spacial score (nSPS) is 25.6. The molecule has 1 aromatic heterocycles. The Morgan fingerprint density at radius 3 is 2.77 bits per heavy atom. The summed E-state index contributed by atoms with van der Waals surface area (Å²) in [6, 6.07) is 10.8. The van der Waals surface area contributed by atoms with E-state index < -0.39 is 9.84 Å². The van der Waals surface area contributed by atoms with E-state index in [2.05, 4.69) is 4.99 Å².